The van der Waals surface area contributed by atoms with Gasteiger partial charge in [-0.3, -0.25) is 14.5 Å². The van der Waals surface area contributed by atoms with Crippen LogP contribution in [0.2, 0.25) is 0 Å². The van der Waals surface area contributed by atoms with Crippen molar-refractivity contribution in [1.82, 2.24) is 10.1 Å². The van der Waals surface area contributed by atoms with Crippen LogP contribution in [0.15, 0.2) is 51.9 Å². The van der Waals surface area contributed by atoms with Gasteiger partial charge in [-0.1, -0.05) is 65.0 Å². The average molecular weight is 439 g/mol. The van der Waals surface area contributed by atoms with Gasteiger partial charge in [-0.15, -0.1) is 0 Å². The Bertz CT molecular complexity index is 1180. The normalized spacial score (nSPS) is 15.5. The van der Waals surface area contributed by atoms with Crippen LogP contribution in [0, 0.1) is 6.92 Å². The summed E-state index contributed by atoms with van der Waals surface area (Å²) in [6.45, 7) is 2.33. The highest BCUT2D eigenvalue weighted by molar-refractivity contribution is 8.26. The molecule has 0 unspecified atom stereocenters. The monoisotopic (exact) mass is 438 g/mol. The minimum absolute atomic E-state index is 0.00204. The second-order valence-electron chi connectivity index (χ2n) is 6.98. The lowest BCUT2D eigenvalue weighted by Crippen LogP contribution is -2.29. The van der Waals surface area contributed by atoms with E-state index in [1.165, 1.54) is 16.7 Å². The predicted octanol–water partition coefficient (Wildman–Crippen LogP) is 4.87. The van der Waals surface area contributed by atoms with Crippen molar-refractivity contribution >= 4 is 57.2 Å². The minimum Gasteiger partial charge on any atom is -0.481 e. The fourth-order valence-electron chi connectivity index (χ4n) is 3.19. The second-order valence-corrected chi connectivity index (χ2v) is 8.66. The summed E-state index contributed by atoms with van der Waals surface area (Å²) in [4.78, 5) is 25.4. The molecule has 152 valence electrons. The number of thioether (sulfide) groups is 1. The van der Waals surface area contributed by atoms with Gasteiger partial charge in [-0.25, -0.2) is 0 Å². The average Bonchev–Trinajstić information content (AvgIpc) is 3.24. The largest absolute Gasteiger partial charge is 0.481 e. The number of aryl methyl sites for hydroxylation is 1. The molecule has 1 aliphatic rings. The van der Waals surface area contributed by atoms with Gasteiger partial charge in [0.25, 0.3) is 5.91 Å². The van der Waals surface area contributed by atoms with Crippen LogP contribution >= 0.6 is 24.0 Å². The Morgan fingerprint density at radius 1 is 1.27 bits per heavy atom. The second kappa shape index (κ2) is 8.41. The number of carboxylic acid groups (broad SMARTS) is 1. The third-order valence-corrected chi connectivity index (χ3v) is 6.14. The summed E-state index contributed by atoms with van der Waals surface area (Å²) in [5.41, 5.74) is 3.67. The molecule has 2 aromatic carbocycles. The van der Waals surface area contributed by atoms with Gasteiger partial charge in [0.15, 0.2) is 5.76 Å². The Morgan fingerprint density at radius 3 is 2.77 bits per heavy atom. The van der Waals surface area contributed by atoms with Crippen LogP contribution in [0.4, 0.5) is 0 Å². The van der Waals surface area contributed by atoms with Crippen molar-refractivity contribution in [2.24, 2.45) is 0 Å². The number of aliphatic carboxylic acids is 1. The van der Waals surface area contributed by atoms with Crippen LogP contribution in [-0.4, -0.2) is 37.9 Å². The molecule has 4 rings (SSSR count). The number of hydrogen-bond donors (Lipinski definition) is 1. The van der Waals surface area contributed by atoms with Gasteiger partial charge in [0.1, 0.15) is 9.84 Å². The molecule has 0 atom stereocenters. The first kappa shape index (κ1) is 20.3. The topological polar surface area (TPSA) is 83.6 Å². The molecular formula is C22H18N2O4S2. The van der Waals surface area contributed by atoms with Crippen LogP contribution in [0.25, 0.3) is 28.3 Å². The van der Waals surface area contributed by atoms with Crippen molar-refractivity contribution in [1.29, 1.82) is 0 Å². The van der Waals surface area contributed by atoms with Crippen molar-refractivity contribution in [2.45, 2.75) is 19.8 Å². The lowest BCUT2D eigenvalue weighted by molar-refractivity contribution is -0.137. The van der Waals surface area contributed by atoms with E-state index in [4.69, 9.17) is 21.8 Å². The Balaban J connectivity index is 1.60. The van der Waals surface area contributed by atoms with Crippen LogP contribution < -0.4 is 0 Å². The number of carbonyl (C=O) groups is 2. The van der Waals surface area contributed by atoms with Crippen molar-refractivity contribution in [3.63, 3.8) is 0 Å². The molecule has 0 radical (unpaired) electrons. The molecule has 0 aliphatic carbocycles. The molecule has 1 aliphatic heterocycles. The van der Waals surface area contributed by atoms with Crippen LogP contribution in [0.3, 0.4) is 0 Å². The molecular weight excluding hydrogens is 420 g/mol. The summed E-state index contributed by atoms with van der Waals surface area (Å²) >= 11 is 6.53. The molecule has 1 amide bonds. The van der Waals surface area contributed by atoms with Crippen LogP contribution in [-0.2, 0) is 9.59 Å². The van der Waals surface area contributed by atoms with Gasteiger partial charge < -0.3 is 9.63 Å². The number of nitrogens with zero attached hydrogens (tertiary/aromatic N) is 2. The summed E-state index contributed by atoms with van der Waals surface area (Å²) in [6.07, 6.45) is 2.16. The minimum atomic E-state index is -0.887. The van der Waals surface area contributed by atoms with Gasteiger partial charge in [0.05, 0.1) is 10.3 Å². The zero-order valence-electron chi connectivity index (χ0n) is 16.1. The van der Waals surface area contributed by atoms with E-state index in [0.717, 1.165) is 27.6 Å². The number of fused-ring (bicyclic) bond motifs is 1. The number of benzene rings is 2. The molecule has 1 aromatic heterocycles. The van der Waals surface area contributed by atoms with Gasteiger partial charge in [0, 0.05) is 18.5 Å². The standard InChI is InChI=1S/C22H18N2O4S2/c1-13-4-7-15(8-5-13)20-16-11-14(6-9-17(16)23-28-20)12-18-21(27)24(22(29)30-18)10-2-3-19(25)26/h4-9,11-12H,2-3,10H2,1H3,(H,25,26)/b18-12+. The van der Waals surface area contributed by atoms with E-state index in [2.05, 4.69) is 5.16 Å². The summed E-state index contributed by atoms with van der Waals surface area (Å²) in [6, 6.07) is 13.7. The zero-order valence-corrected chi connectivity index (χ0v) is 17.8. The van der Waals surface area contributed by atoms with Gasteiger partial charge >= 0.3 is 5.97 Å². The number of aromatic nitrogens is 1. The maximum atomic E-state index is 12.7. The lowest BCUT2D eigenvalue weighted by Gasteiger charge is -2.13. The molecule has 2 heterocycles. The third-order valence-electron chi connectivity index (χ3n) is 4.76. The van der Waals surface area contributed by atoms with Crippen LogP contribution in [0.5, 0.6) is 0 Å². The highest BCUT2D eigenvalue weighted by Gasteiger charge is 2.31. The van der Waals surface area contributed by atoms with E-state index in [0.29, 0.717) is 28.0 Å². The van der Waals surface area contributed by atoms with E-state index in [-0.39, 0.29) is 12.3 Å². The fraction of sp³-hybridized carbons (Fsp3) is 0.182. The SMILES string of the molecule is Cc1ccc(-c2onc3ccc(/C=C4/SC(=S)N(CCCC(=O)O)C4=O)cc23)cc1. The molecule has 0 saturated carbocycles. The summed E-state index contributed by atoms with van der Waals surface area (Å²) in [5, 5.41) is 13.8. The number of hydrogen-bond acceptors (Lipinski definition) is 6. The number of rotatable bonds is 6. The number of carbonyl (C=O) groups excluding carboxylic acids is 1. The maximum Gasteiger partial charge on any atom is 0.303 e. The maximum absolute atomic E-state index is 12.7. The molecule has 0 spiro atoms. The lowest BCUT2D eigenvalue weighted by atomic mass is 10.0. The van der Waals surface area contributed by atoms with E-state index in [1.807, 2.05) is 49.4 Å². The smallest absolute Gasteiger partial charge is 0.303 e. The highest BCUT2D eigenvalue weighted by Crippen LogP contribution is 2.34. The van der Waals surface area contributed by atoms with Crippen LogP contribution in [0.1, 0.15) is 24.0 Å². The fourth-order valence-corrected chi connectivity index (χ4v) is 4.50. The quantitative estimate of drug-likeness (QED) is 0.434. The summed E-state index contributed by atoms with van der Waals surface area (Å²) in [7, 11) is 0. The zero-order chi connectivity index (χ0) is 21.3. The first-order valence-corrected chi connectivity index (χ1v) is 10.6. The molecule has 30 heavy (non-hydrogen) atoms. The molecule has 8 heteroatoms. The van der Waals surface area contributed by atoms with Crippen molar-refractivity contribution in [2.75, 3.05) is 6.54 Å². The Morgan fingerprint density at radius 2 is 2.03 bits per heavy atom. The molecule has 1 N–H and O–H groups in total. The molecule has 3 aromatic rings. The van der Waals surface area contributed by atoms with E-state index >= 15 is 0 Å². The number of carboxylic acids is 1. The first-order valence-electron chi connectivity index (χ1n) is 9.36. The Labute approximate surface area is 182 Å². The first-order chi connectivity index (χ1) is 14.4. The van der Waals surface area contributed by atoms with Crippen molar-refractivity contribution in [3.8, 4) is 11.3 Å². The van der Waals surface area contributed by atoms with E-state index in [9.17, 15) is 9.59 Å². The van der Waals surface area contributed by atoms with Crippen molar-refractivity contribution in [3.05, 3.63) is 58.5 Å². The molecule has 1 fully saturated rings. The van der Waals surface area contributed by atoms with Gasteiger partial charge in [0.2, 0.25) is 0 Å². The van der Waals surface area contributed by atoms with E-state index < -0.39 is 5.97 Å². The van der Waals surface area contributed by atoms with Crippen molar-refractivity contribution < 1.29 is 19.2 Å². The van der Waals surface area contributed by atoms with E-state index in [1.54, 1.807) is 6.08 Å². The predicted molar refractivity (Wildman–Crippen MR) is 121 cm³/mol. The molecule has 1 saturated heterocycles. The summed E-state index contributed by atoms with van der Waals surface area (Å²) < 4.78 is 6.01. The van der Waals surface area contributed by atoms with Gasteiger partial charge in [-0.2, -0.15) is 0 Å². The Hall–Kier alpha value is -2.97. The number of thiocarbonyl (C=S) groups is 1. The third kappa shape index (κ3) is 4.15. The summed E-state index contributed by atoms with van der Waals surface area (Å²) in [5.74, 6) is -0.400. The Kier molecular flexibility index (Phi) is 5.69. The number of amides is 1. The molecule has 0 bridgehead atoms. The molecule has 6 nitrogen and oxygen atoms in total. The highest BCUT2D eigenvalue weighted by atomic mass is 32.2. The van der Waals surface area contributed by atoms with Gasteiger partial charge in [-0.05, 0) is 37.1 Å².